The molecule has 12 heteroatoms. The molecule has 0 fully saturated rings. The molecule has 318 valence electrons. The first-order valence-electron chi connectivity index (χ1n) is 20.2. The number of carbonyl (C=O) groups is 3. The maximum absolute atomic E-state index is 12.5. The molecule has 3 unspecified atom stereocenters. The van der Waals surface area contributed by atoms with Crippen molar-refractivity contribution in [3.63, 3.8) is 0 Å². The van der Waals surface area contributed by atoms with E-state index in [1.165, 1.54) is 24.7 Å². The Balaban J connectivity index is 0.000000512. The van der Waals surface area contributed by atoms with E-state index in [1.54, 1.807) is 44.2 Å². The number of hydrogen-bond acceptors (Lipinski definition) is 9. The quantitative estimate of drug-likeness (QED) is 0.204. The standard InChI is InChI=1S/C22H28N2O4.C17H23NO5.3C2H6/c1-14(2)18-11-17(23-13-15-8-6-5-7-9-15)16-10-20(27-3)21(28-4)12-19(16)24(18)22(25)26;1-6-23-17(20)18-12(10(2)3)8-14(19)11-7-15(21-4)16(22-5)9-13(11)18;3*1-2/h5-10,12,14,17-18,23H,11,13H2,1-4H3,(H,25,26);7,9-10,12H,6,8H2,1-5H3;3*1-2H3. The van der Waals surface area contributed by atoms with Crippen LogP contribution in [0, 0.1) is 11.8 Å². The van der Waals surface area contributed by atoms with Crippen molar-refractivity contribution >= 4 is 29.3 Å². The van der Waals surface area contributed by atoms with E-state index in [1.807, 2.05) is 79.7 Å². The highest BCUT2D eigenvalue weighted by molar-refractivity contribution is 6.09. The average Bonchev–Trinajstić information content (AvgIpc) is 3.23. The lowest BCUT2D eigenvalue weighted by molar-refractivity contribution is 0.0952. The van der Waals surface area contributed by atoms with Crippen LogP contribution in [0.2, 0.25) is 0 Å². The van der Waals surface area contributed by atoms with Gasteiger partial charge in [0, 0.05) is 48.8 Å². The van der Waals surface area contributed by atoms with Gasteiger partial charge >= 0.3 is 12.2 Å². The van der Waals surface area contributed by atoms with E-state index < -0.39 is 12.2 Å². The Bertz CT molecular complexity index is 1680. The molecule has 2 heterocycles. The molecule has 57 heavy (non-hydrogen) atoms. The topological polar surface area (TPSA) is 136 Å². The second-order valence-corrected chi connectivity index (χ2v) is 13.1. The lowest BCUT2D eigenvalue weighted by atomic mass is 9.85. The van der Waals surface area contributed by atoms with Crippen molar-refractivity contribution < 1.29 is 43.2 Å². The van der Waals surface area contributed by atoms with Crippen molar-refractivity contribution in [3.8, 4) is 23.0 Å². The molecule has 3 aromatic carbocycles. The molecule has 0 aliphatic carbocycles. The third-order valence-electron chi connectivity index (χ3n) is 9.37. The number of rotatable bonds is 10. The second-order valence-electron chi connectivity index (χ2n) is 13.1. The maximum atomic E-state index is 12.5. The number of Topliss-reactive ketones (excluding diaryl/α,β-unsaturated/α-hetero) is 1. The van der Waals surface area contributed by atoms with Crippen molar-refractivity contribution in [2.24, 2.45) is 11.8 Å². The number of nitrogens with one attached hydrogen (secondary N) is 1. The van der Waals surface area contributed by atoms with Crippen LogP contribution in [-0.2, 0) is 11.3 Å². The lowest BCUT2D eigenvalue weighted by Gasteiger charge is -2.42. The van der Waals surface area contributed by atoms with E-state index in [2.05, 4.69) is 31.3 Å². The SMILES string of the molecule is CC.CC.CC.CCOC(=O)N1c2cc(OC)c(OC)cc2C(=O)CC1C(C)C.COc1cc2c(cc1OC)N(C(=O)O)C(C(C)C)CC2NCc1ccccc1. The molecule has 2 amide bonds. The summed E-state index contributed by atoms with van der Waals surface area (Å²) in [6, 6.07) is 16.8. The summed E-state index contributed by atoms with van der Waals surface area (Å²) in [5.41, 5.74) is 3.71. The van der Waals surface area contributed by atoms with Gasteiger partial charge in [-0.1, -0.05) is 99.6 Å². The third-order valence-corrected chi connectivity index (χ3v) is 9.37. The number of fused-ring (bicyclic) bond motifs is 2. The van der Waals surface area contributed by atoms with Crippen LogP contribution >= 0.6 is 0 Å². The minimum atomic E-state index is -0.950. The molecular weight excluding hydrogens is 727 g/mol. The highest BCUT2D eigenvalue weighted by Crippen LogP contribution is 2.45. The van der Waals surface area contributed by atoms with Crippen LogP contribution in [-0.4, -0.2) is 70.2 Å². The number of carboxylic acid groups (broad SMARTS) is 1. The van der Waals surface area contributed by atoms with Crippen LogP contribution in [0.3, 0.4) is 0 Å². The number of hydrogen-bond donors (Lipinski definition) is 2. The molecule has 0 bridgehead atoms. The first kappa shape index (κ1) is 50.0. The van der Waals surface area contributed by atoms with Crippen LogP contribution in [0.1, 0.15) is 117 Å². The normalized spacial score (nSPS) is 16.4. The summed E-state index contributed by atoms with van der Waals surface area (Å²) in [6.07, 6.45) is -0.445. The fourth-order valence-electron chi connectivity index (χ4n) is 6.69. The maximum Gasteiger partial charge on any atom is 0.414 e. The van der Waals surface area contributed by atoms with E-state index in [0.717, 1.165) is 5.56 Å². The molecule has 0 spiro atoms. The van der Waals surface area contributed by atoms with E-state index in [0.29, 0.717) is 52.9 Å². The summed E-state index contributed by atoms with van der Waals surface area (Å²) in [5.74, 6) is 2.34. The van der Waals surface area contributed by atoms with Gasteiger partial charge in [0.25, 0.3) is 0 Å². The van der Waals surface area contributed by atoms with Gasteiger partial charge in [-0.25, -0.2) is 9.59 Å². The molecule has 0 saturated carbocycles. The fourth-order valence-corrected chi connectivity index (χ4v) is 6.69. The van der Waals surface area contributed by atoms with Gasteiger partial charge in [0.2, 0.25) is 0 Å². The molecule has 3 atom stereocenters. The number of benzene rings is 3. The first-order chi connectivity index (χ1) is 27.4. The van der Waals surface area contributed by atoms with Gasteiger partial charge in [0.1, 0.15) is 0 Å². The number of methoxy groups -OCH3 is 4. The van der Waals surface area contributed by atoms with Crippen LogP contribution in [0.25, 0.3) is 0 Å². The smallest absolute Gasteiger partial charge is 0.414 e. The average molecular weight is 796 g/mol. The van der Waals surface area contributed by atoms with Gasteiger partial charge in [-0.15, -0.1) is 0 Å². The molecule has 2 N–H and O–H groups in total. The van der Waals surface area contributed by atoms with Crippen LogP contribution in [0.4, 0.5) is 21.0 Å². The molecule has 5 rings (SSSR count). The molecule has 2 aliphatic heterocycles. The highest BCUT2D eigenvalue weighted by Gasteiger charge is 2.40. The number of anilines is 2. The van der Waals surface area contributed by atoms with Crippen LogP contribution < -0.4 is 34.1 Å². The van der Waals surface area contributed by atoms with E-state index in [9.17, 15) is 19.5 Å². The summed E-state index contributed by atoms with van der Waals surface area (Å²) >= 11 is 0. The minimum Gasteiger partial charge on any atom is -0.493 e. The Hall–Kier alpha value is -4.97. The van der Waals surface area contributed by atoms with Crippen molar-refractivity contribution in [1.29, 1.82) is 0 Å². The first-order valence-corrected chi connectivity index (χ1v) is 20.2. The summed E-state index contributed by atoms with van der Waals surface area (Å²) < 4.78 is 26.6. The summed E-state index contributed by atoms with van der Waals surface area (Å²) in [5, 5.41) is 13.5. The molecular formula is C45H69N3O9. The van der Waals surface area contributed by atoms with Crippen LogP contribution in [0.5, 0.6) is 23.0 Å². The lowest BCUT2D eigenvalue weighted by Crippen LogP contribution is -2.48. The van der Waals surface area contributed by atoms with Gasteiger partial charge in [-0.3, -0.25) is 14.6 Å². The highest BCUT2D eigenvalue weighted by atomic mass is 16.6. The number of amides is 2. The second kappa shape index (κ2) is 25.3. The molecule has 0 radical (unpaired) electrons. The van der Waals surface area contributed by atoms with Crippen molar-refractivity contribution in [1.82, 2.24) is 5.32 Å². The Morgan fingerprint density at radius 1 is 0.737 bits per heavy atom. The summed E-state index contributed by atoms with van der Waals surface area (Å²) in [7, 11) is 6.18. The Morgan fingerprint density at radius 2 is 1.23 bits per heavy atom. The predicted octanol–water partition coefficient (Wildman–Crippen LogP) is 10.8. The summed E-state index contributed by atoms with van der Waals surface area (Å²) in [6.45, 7) is 22.8. The molecule has 12 nitrogen and oxygen atoms in total. The number of nitrogens with zero attached hydrogens (tertiary/aromatic N) is 2. The number of ether oxygens (including phenoxy) is 5. The Labute approximate surface area is 341 Å². The van der Waals surface area contributed by atoms with E-state index in [4.69, 9.17) is 23.7 Å². The van der Waals surface area contributed by atoms with Crippen LogP contribution in [0.15, 0.2) is 54.6 Å². The predicted molar refractivity (Wildman–Crippen MR) is 230 cm³/mol. The number of ketones is 1. The third kappa shape index (κ3) is 12.5. The molecule has 2 aliphatic rings. The zero-order valence-electron chi connectivity index (χ0n) is 37.0. The Kier molecular flexibility index (Phi) is 22.2. The molecule has 0 aromatic heterocycles. The monoisotopic (exact) mass is 796 g/mol. The van der Waals surface area contributed by atoms with E-state index >= 15 is 0 Å². The summed E-state index contributed by atoms with van der Waals surface area (Å²) in [4.78, 5) is 40.1. The zero-order valence-corrected chi connectivity index (χ0v) is 37.0. The number of carbonyl (C=O) groups excluding carboxylic acids is 2. The van der Waals surface area contributed by atoms with Gasteiger partial charge < -0.3 is 34.1 Å². The van der Waals surface area contributed by atoms with Crippen molar-refractivity contribution in [2.75, 3.05) is 44.8 Å². The van der Waals surface area contributed by atoms with E-state index in [-0.39, 0.29) is 48.8 Å². The molecule has 3 aromatic rings. The zero-order chi connectivity index (χ0) is 43.4. The van der Waals surface area contributed by atoms with Gasteiger partial charge in [-0.05, 0) is 48.4 Å². The van der Waals surface area contributed by atoms with Gasteiger partial charge in [-0.2, -0.15) is 0 Å². The van der Waals surface area contributed by atoms with Gasteiger partial charge in [0.05, 0.1) is 46.4 Å². The van der Waals surface area contributed by atoms with Crippen molar-refractivity contribution in [3.05, 3.63) is 71.3 Å². The van der Waals surface area contributed by atoms with Gasteiger partial charge in [0.15, 0.2) is 28.8 Å². The fraction of sp³-hybridized carbons (Fsp3) is 0.533. The Morgan fingerprint density at radius 3 is 1.70 bits per heavy atom. The minimum absolute atomic E-state index is 0.0120. The van der Waals surface area contributed by atoms with Crippen molar-refractivity contribution in [2.45, 2.75) is 114 Å². The largest absolute Gasteiger partial charge is 0.493 e. The molecule has 0 saturated heterocycles.